The SMILES string of the molecule is CCOc1ccc(N(CC(=O)N(Cc2ccc(C)cc2)[C@@H](C)C(=O)N[C@@H](C)CC)S(=O)(=O)c2ccc(Br)cc2)cc1. The Morgan fingerprint density at radius 3 is 2.10 bits per heavy atom. The molecule has 3 aromatic rings. The lowest BCUT2D eigenvalue weighted by atomic mass is 10.1. The van der Waals surface area contributed by atoms with Crippen LogP contribution in [0.4, 0.5) is 5.69 Å². The molecule has 0 saturated heterocycles. The number of halogens is 1. The van der Waals surface area contributed by atoms with Crippen molar-refractivity contribution in [2.45, 2.75) is 64.6 Å². The summed E-state index contributed by atoms with van der Waals surface area (Å²) in [6, 6.07) is 19.6. The van der Waals surface area contributed by atoms with Gasteiger partial charge >= 0.3 is 0 Å². The van der Waals surface area contributed by atoms with E-state index in [1.165, 1.54) is 17.0 Å². The number of rotatable bonds is 13. The average molecular weight is 645 g/mol. The van der Waals surface area contributed by atoms with Crippen LogP contribution in [0.25, 0.3) is 0 Å². The van der Waals surface area contributed by atoms with E-state index in [0.717, 1.165) is 26.3 Å². The largest absolute Gasteiger partial charge is 0.494 e. The molecule has 0 fully saturated rings. The molecule has 8 nitrogen and oxygen atoms in total. The van der Waals surface area contributed by atoms with E-state index in [0.29, 0.717) is 18.0 Å². The highest BCUT2D eigenvalue weighted by molar-refractivity contribution is 9.10. The molecule has 0 aliphatic heterocycles. The second-order valence-electron chi connectivity index (χ2n) is 9.89. The van der Waals surface area contributed by atoms with Gasteiger partial charge in [0.15, 0.2) is 0 Å². The van der Waals surface area contributed by atoms with E-state index >= 15 is 0 Å². The normalized spacial score (nSPS) is 12.7. The molecule has 0 radical (unpaired) electrons. The first-order chi connectivity index (χ1) is 19.5. The standard InChI is InChI=1S/C31H38BrN3O5S/c1-6-23(4)33-31(37)24(5)34(20-25-10-8-22(3)9-11-25)30(36)21-35(27-14-16-28(17-15-27)40-7-2)41(38,39)29-18-12-26(32)13-19-29/h8-19,23-24H,6-7,20-21H2,1-5H3,(H,33,37)/t23-,24-/m0/s1. The lowest BCUT2D eigenvalue weighted by Crippen LogP contribution is -2.52. The number of nitrogens with one attached hydrogen (secondary N) is 1. The van der Waals surface area contributed by atoms with Gasteiger partial charge in [-0.05, 0) is 88.2 Å². The van der Waals surface area contributed by atoms with E-state index in [1.54, 1.807) is 43.3 Å². The van der Waals surface area contributed by atoms with Gasteiger partial charge in [0.05, 0.1) is 17.2 Å². The lowest BCUT2D eigenvalue weighted by molar-refractivity contribution is -0.139. The number of carbonyl (C=O) groups excluding carboxylic acids is 2. The lowest BCUT2D eigenvalue weighted by Gasteiger charge is -2.32. The predicted molar refractivity (Wildman–Crippen MR) is 165 cm³/mol. The van der Waals surface area contributed by atoms with Gasteiger partial charge < -0.3 is 15.0 Å². The van der Waals surface area contributed by atoms with Gasteiger partial charge in [-0.1, -0.05) is 52.7 Å². The van der Waals surface area contributed by atoms with Crippen molar-refractivity contribution in [3.8, 4) is 5.75 Å². The second kappa shape index (κ2) is 14.5. The van der Waals surface area contributed by atoms with Crippen LogP contribution in [0.2, 0.25) is 0 Å². The minimum absolute atomic E-state index is 0.0371. The van der Waals surface area contributed by atoms with E-state index < -0.39 is 28.5 Å². The molecule has 0 aliphatic carbocycles. The molecule has 3 aromatic carbocycles. The Labute approximate surface area is 251 Å². The number of nitrogens with zero attached hydrogens (tertiary/aromatic N) is 2. The van der Waals surface area contributed by atoms with Crippen molar-refractivity contribution < 1.29 is 22.7 Å². The maximum Gasteiger partial charge on any atom is 0.264 e. The van der Waals surface area contributed by atoms with Gasteiger partial charge in [-0.15, -0.1) is 0 Å². The highest BCUT2D eigenvalue weighted by atomic mass is 79.9. The van der Waals surface area contributed by atoms with Gasteiger partial charge in [-0.3, -0.25) is 13.9 Å². The van der Waals surface area contributed by atoms with Crippen LogP contribution < -0.4 is 14.4 Å². The zero-order chi connectivity index (χ0) is 30.2. The number of aryl methyl sites for hydroxylation is 1. The van der Waals surface area contributed by atoms with Gasteiger partial charge in [0.25, 0.3) is 10.0 Å². The van der Waals surface area contributed by atoms with E-state index in [2.05, 4.69) is 21.2 Å². The monoisotopic (exact) mass is 643 g/mol. The third-order valence-corrected chi connectivity index (χ3v) is 9.07. The summed E-state index contributed by atoms with van der Waals surface area (Å²) in [4.78, 5) is 28.6. The Hall–Kier alpha value is -3.37. The molecule has 2 atom stereocenters. The minimum Gasteiger partial charge on any atom is -0.494 e. The Bertz CT molecular complexity index is 1410. The number of anilines is 1. The second-order valence-corrected chi connectivity index (χ2v) is 12.7. The Balaban J connectivity index is 2.02. The molecule has 1 N–H and O–H groups in total. The minimum atomic E-state index is -4.15. The fourth-order valence-corrected chi connectivity index (χ4v) is 5.75. The van der Waals surface area contributed by atoms with Crippen molar-refractivity contribution in [1.29, 1.82) is 0 Å². The summed E-state index contributed by atoms with van der Waals surface area (Å²) in [7, 11) is -4.15. The zero-order valence-corrected chi connectivity index (χ0v) is 26.5. The summed E-state index contributed by atoms with van der Waals surface area (Å²) in [6.45, 7) is 9.46. The van der Waals surface area contributed by atoms with Crippen molar-refractivity contribution >= 4 is 43.5 Å². The van der Waals surface area contributed by atoms with Crippen LogP contribution in [0.1, 0.15) is 45.2 Å². The first-order valence-electron chi connectivity index (χ1n) is 13.6. The van der Waals surface area contributed by atoms with E-state index in [9.17, 15) is 18.0 Å². The summed E-state index contributed by atoms with van der Waals surface area (Å²) >= 11 is 3.34. The van der Waals surface area contributed by atoms with E-state index in [1.807, 2.05) is 52.0 Å². The van der Waals surface area contributed by atoms with Crippen LogP contribution in [0.15, 0.2) is 82.2 Å². The number of hydrogen-bond acceptors (Lipinski definition) is 5. The van der Waals surface area contributed by atoms with Crippen LogP contribution in [0.5, 0.6) is 5.75 Å². The summed E-state index contributed by atoms with van der Waals surface area (Å²) in [5.41, 5.74) is 2.20. The average Bonchev–Trinajstić information content (AvgIpc) is 2.95. The van der Waals surface area contributed by atoms with Crippen molar-refractivity contribution in [3.05, 3.63) is 88.4 Å². The fraction of sp³-hybridized carbons (Fsp3) is 0.355. The molecule has 2 amide bonds. The van der Waals surface area contributed by atoms with Gasteiger partial charge in [-0.25, -0.2) is 8.42 Å². The Morgan fingerprint density at radius 1 is 0.927 bits per heavy atom. The van der Waals surface area contributed by atoms with Crippen LogP contribution in [0, 0.1) is 6.92 Å². The molecular weight excluding hydrogens is 606 g/mol. The highest BCUT2D eigenvalue weighted by Gasteiger charge is 2.32. The molecule has 10 heteroatoms. The summed E-state index contributed by atoms with van der Waals surface area (Å²) in [5.74, 6) is -0.227. The van der Waals surface area contributed by atoms with Gasteiger partial charge in [0.1, 0.15) is 18.3 Å². The Morgan fingerprint density at radius 2 is 1.54 bits per heavy atom. The van der Waals surface area contributed by atoms with E-state index in [4.69, 9.17) is 4.74 Å². The first-order valence-corrected chi connectivity index (χ1v) is 15.9. The van der Waals surface area contributed by atoms with Gasteiger partial charge in [-0.2, -0.15) is 0 Å². The molecule has 3 rings (SSSR count). The highest BCUT2D eigenvalue weighted by Crippen LogP contribution is 2.27. The molecule has 0 aliphatic rings. The van der Waals surface area contributed by atoms with Crippen LogP contribution in [-0.2, 0) is 26.2 Å². The number of sulfonamides is 1. The Kier molecular flexibility index (Phi) is 11.4. The van der Waals surface area contributed by atoms with Crippen molar-refractivity contribution in [2.75, 3.05) is 17.5 Å². The number of carbonyl (C=O) groups is 2. The third-order valence-electron chi connectivity index (χ3n) is 6.76. The van der Waals surface area contributed by atoms with Crippen LogP contribution in [0.3, 0.4) is 0 Å². The molecule has 0 spiro atoms. The van der Waals surface area contributed by atoms with Crippen LogP contribution >= 0.6 is 15.9 Å². The molecule has 0 heterocycles. The number of hydrogen-bond donors (Lipinski definition) is 1. The number of amides is 2. The van der Waals surface area contributed by atoms with Gasteiger partial charge in [0.2, 0.25) is 11.8 Å². The fourth-order valence-electron chi connectivity index (χ4n) is 4.08. The van der Waals surface area contributed by atoms with Crippen molar-refractivity contribution in [1.82, 2.24) is 10.2 Å². The maximum atomic E-state index is 14.0. The summed E-state index contributed by atoms with van der Waals surface area (Å²) in [5, 5.41) is 2.94. The van der Waals surface area contributed by atoms with Gasteiger partial charge in [0, 0.05) is 17.1 Å². The molecular formula is C31H38BrN3O5S. The third kappa shape index (κ3) is 8.56. The summed E-state index contributed by atoms with van der Waals surface area (Å²) < 4.78 is 35.2. The molecule has 0 aromatic heterocycles. The molecule has 41 heavy (non-hydrogen) atoms. The molecule has 220 valence electrons. The smallest absolute Gasteiger partial charge is 0.264 e. The maximum absolute atomic E-state index is 14.0. The zero-order valence-electron chi connectivity index (χ0n) is 24.1. The van der Waals surface area contributed by atoms with Crippen molar-refractivity contribution in [3.63, 3.8) is 0 Å². The molecule has 0 bridgehead atoms. The number of ether oxygens (including phenoxy) is 1. The quantitative estimate of drug-likeness (QED) is 0.258. The summed E-state index contributed by atoms with van der Waals surface area (Å²) in [6.07, 6.45) is 0.737. The molecule has 0 unspecified atom stereocenters. The molecule has 0 saturated carbocycles. The predicted octanol–water partition coefficient (Wildman–Crippen LogP) is 5.68. The number of benzene rings is 3. The van der Waals surface area contributed by atoms with Crippen LogP contribution in [-0.4, -0.2) is 50.4 Å². The van der Waals surface area contributed by atoms with E-state index in [-0.39, 0.29) is 23.4 Å². The van der Waals surface area contributed by atoms with Crippen molar-refractivity contribution in [2.24, 2.45) is 0 Å². The first kappa shape index (κ1) is 32.1. The topological polar surface area (TPSA) is 96.0 Å².